The molecular formula is C62H90O6. The van der Waals surface area contributed by atoms with Gasteiger partial charge in [0.1, 0.15) is 13.2 Å². The number of hydrogen-bond acceptors (Lipinski definition) is 6. The lowest BCUT2D eigenvalue weighted by Gasteiger charge is -2.18. The van der Waals surface area contributed by atoms with Crippen molar-refractivity contribution >= 4 is 17.9 Å². The summed E-state index contributed by atoms with van der Waals surface area (Å²) in [6.45, 7) is 6.12. The maximum Gasteiger partial charge on any atom is 0.306 e. The summed E-state index contributed by atoms with van der Waals surface area (Å²) in [5, 5.41) is 0. The van der Waals surface area contributed by atoms with E-state index in [1.807, 2.05) is 72.9 Å². The van der Waals surface area contributed by atoms with E-state index in [1.165, 1.54) is 0 Å². The Morgan fingerprint density at radius 2 is 0.603 bits per heavy atom. The molecule has 1 atom stereocenters. The summed E-state index contributed by atoms with van der Waals surface area (Å²) in [6, 6.07) is 0. The minimum absolute atomic E-state index is 0.137. The van der Waals surface area contributed by atoms with E-state index in [9.17, 15) is 14.4 Å². The lowest BCUT2D eigenvalue weighted by Crippen LogP contribution is -2.30. The third-order valence-electron chi connectivity index (χ3n) is 9.83. The van der Waals surface area contributed by atoms with E-state index in [4.69, 9.17) is 14.2 Å². The van der Waals surface area contributed by atoms with Gasteiger partial charge in [-0.05, 0) is 116 Å². The van der Waals surface area contributed by atoms with Crippen LogP contribution in [0.15, 0.2) is 182 Å². The van der Waals surface area contributed by atoms with Gasteiger partial charge in [-0.25, -0.2) is 0 Å². The summed E-state index contributed by atoms with van der Waals surface area (Å²) in [7, 11) is 0. The fourth-order valence-electron chi connectivity index (χ4n) is 6.05. The van der Waals surface area contributed by atoms with Gasteiger partial charge in [0.2, 0.25) is 0 Å². The van der Waals surface area contributed by atoms with Crippen molar-refractivity contribution in [3.63, 3.8) is 0 Å². The number of hydrogen-bond donors (Lipinski definition) is 0. The normalized spacial score (nSPS) is 13.6. The first-order valence-electron chi connectivity index (χ1n) is 25.9. The second-order valence-corrected chi connectivity index (χ2v) is 16.1. The highest BCUT2D eigenvalue weighted by Crippen LogP contribution is 2.11. The standard InChI is InChI=1S/C62H90O6/c1-4-7-10-13-16-19-22-25-27-29-31-33-35-37-40-43-46-49-52-55-61(64)67-58-59(57-66-60(63)54-51-48-45-42-39-24-21-18-15-12-9-6-3)68-62(65)56-53-50-47-44-41-38-36-34-32-30-28-26-23-20-17-14-11-8-5-2/h7-13,16-22,25-29,31-35,37-42,59H,4-6,14-15,23-24,30,36,43-58H2,1-3H3/b10-7-,11-8-,12-9-,16-13-,20-17-,21-18-,22-19-,27-25-,28-26-,31-29+,34-32-,35-33-,40-37-,41-38-,42-39-. The van der Waals surface area contributed by atoms with Gasteiger partial charge in [-0.15, -0.1) is 0 Å². The summed E-state index contributed by atoms with van der Waals surface area (Å²) in [6.07, 6.45) is 81.6. The molecule has 0 radical (unpaired) electrons. The number of esters is 3. The highest BCUT2D eigenvalue weighted by Gasteiger charge is 2.19. The predicted molar refractivity (Wildman–Crippen MR) is 292 cm³/mol. The van der Waals surface area contributed by atoms with Crippen molar-refractivity contribution in [2.24, 2.45) is 0 Å². The first-order chi connectivity index (χ1) is 33.5. The Kier molecular flexibility index (Phi) is 49.7. The molecule has 0 aliphatic heterocycles. The van der Waals surface area contributed by atoms with Crippen molar-refractivity contribution in [2.75, 3.05) is 13.2 Å². The lowest BCUT2D eigenvalue weighted by molar-refractivity contribution is -0.167. The number of ether oxygens (including phenoxy) is 3. The van der Waals surface area contributed by atoms with Crippen LogP contribution in [0.1, 0.15) is 168 Å². The Balaban J connectivity index is 4.64. The Morgan fingerprint density at radius 1 is 0.309 bits per heavy atom. The Bertz CT molecular complexity index is 1680. The summed E-state index contributed by atoms with van der Waals surface area (Å²) >= 11 is 0. The van der Waals surface area contributed by atoms with E-state index in [2.05, 4.69) is 130 Å². The van der Waals surface area contributed by atoms with Gasteiger partial charge in [0, 0.05) is 19.3 Å². The summed E-state index contributed by atoms with van der Waals surface area (Å²) in [5.74, 6) is -1.07. The van der Waals surface area contributed by atoms with Crippen LogP contribution in [0, 0.1) is 0 Å². The van der Waals surface area contributed by atoms with Gasteiger partial charge >= 0.3 is 17.9 Å². The van der Waals surface area contributed by atoms with Crippen molar-refractivity contribution in [1.82, 2.24) is 0 Å². The molecule has 0 aliphatic rings. The molecule has 0 saturated heterocycles. The molecule has 0 amide bonds. The molecule has 0 heterocycles. The molecule has 1 unspecified atom stereocenters. The minimum atomic E-state index is -0.841. The van der Waals surface area contributed by atoms with Gasteiger partial charge in [0.05, 0.1) is 0 Å². The molecule has 374 valence electrons. The van der Waals surface area contributed by atoms with Crippen LogP contribution in [0.25, 0.3) is 0 Å². The van der Waals surface area contributed by atoms with Crippen LogP contribution in [0.5, 0.6) is 0 Å². The minimum Gasteiger partial charge on any atom is -0.462 e. The zero-order chi connectivity index (χ0) is 49.3. The quantitative estimate of drug-likeness (QED) is 0.0199. The second kappa shape index (κ2) is 54.1. The number of carbonyl (C=O) groups excluding carboxylic acids is 3. The molecule has 0 aromatic carbocycles. The maximum atomic E-state index is 12.8. The number of rotatable bonds is 43. The number of unbranched alkanes of at least 4 members (excludes halogenated alkanes) is 8. The zero-order valence-corrected chi connectivity index (χ0v) is 42.5. The van der Waals surface area contributed by atoms with E-state index in [1.54, 1.807) is 0 Å². The molecule has 0 saturated carbocycles. The Morgan fingerprint density at radius 3 is 1.00 bits per heavy atom. The average molecular weight is 931 g/mol. The van der Waals surface area contributed by atoms with Crippen molar-refractivity contribution in [1.29, 1.82) is 0 Å². The van der Waals surface area contributed by atoms with Gasteiger partial charge in [-0.1, -0.05) is 216 Å². The van der Waals surface area contributed by atoms with Crippen molar-refractivity contribution < 1.29 is 28.6 Å². The monoisotopic (exact) mass is 931 g/mol. The number of carbonyl (C=O) groups is 3. The van der Waals surface area contributed by atoms with Crippen LogP contribution in [-0.4, -0.2) is 37.2 Å². The molecule has 0 aliphatic carbocycles. The molecular weight excluding hydrogens is 841 g/mol. The average Bonchev–Trinajstić information content (AvgIpc) is 3.34. The second-order valence-electron chi connectivity index (χ2n) is 16.1. The van der Waals surface area contributed by atoms with Gasteiger partial charge in [0.25, 0.3) is 0 Å². The van der Waals surface area contributed by atoms with Crippen molar-refractivity contribution in [2.45, 2.75) is 175 Å². The van der Waals surface area contributed by atoms with Gasteiger partial charge in [0.15, 0.2) is 6.10 Å². The lowest BCUT2D eigenvalue weighted by atomic mass is 10.1. The largest absolute Gasteiger partial charge is 0.462 e. The SMILES string of the molecule is CC\C=C/C=C\C=C/C=C\C=C\C=C/C=C\CCCCCC(=O)OCC(COC(=O)CCCC/C=C\C/C=C\C/C=C\CC)OC(=O)CCCCC/C=C\C/C=C\C/C=C\C/C=C\C/C=C\CC. The van der Waals surface area contributed by atoms with Gasteiger partial charge in [-0.2, -0.15) is 0 Å². The molecule has 0 fully saturated rings. The Labute approximate surface area is 414 Å². The smallest absolute Gasteiger partial charge is 0.306 e. The molecule has 6 heteroatoms. The summed E-state index contributed by atoms with van der Waals surface area (Å²) in [4.78, 5) is 38.0. The van der Waals surface area contributed by atoms with E-state index in [-0.39, 0.29) is 50.4 Å². The van der Waals surface area contributed by atoms with Crippen LogP contribution in [-0.2, 0) is 28.6 Å². The van der Waals surface area contributed by atoms with Crippen LogP contribution in [0.2, 0.25) is 0 Å². The zero-order valence-electron chi connectivity index (χ0n) is 42.5. The van der Waals surface area contributed by atoms with Crippen LogP contribution >= 0.6 is 0 Å². The highest BCUT2D eigenvalue weighted by molar-refractivity contribution is 5.71. The molecule has 0 spiro atoms. The third kappa shape index (κ3) is 51.5. The fraction of sp³-hybridized carbons (Fsp3) is 0.468. The van der Waals surface area contributed by atoms with Gasteiger partial charge in [-0.3, -0.25) is 14.4 Å². The molecule has 6 nitrogen and oxygen atoms in total. The molecule has 68 heavy (non-hydrogen) atoms. The highest BCUT2D eigenvalue weighted by atomic mass is 16.6. The van der Waals surface area contributed by atoms with E-state index < -0.39 is 6.10 Å². The number of allylic oxidation sites excluding steroid dienone is 30. The van der Waals surface area contributed by atoms with E-state index >= 15 is 0 Å². The van der Waals surface area contributed by atoms with Crippen LogP contribution < -0.4 is 0 Å². The van der Waals surface area contributed by atoms with Crippen LogP contribution in [0.3, 0.4) is 0 Å². The molecule has 0 rings (SSSR count). The molecule has 0 aromatic heterocycles. The van der Waals surface area contributed by atoms with Crippen molar-refractivity contribution in [3.8, 4) is 0 Å². The summed E-state index contributed by atoms with van der Waals surface area (Å²) in [5.41, 5.74) is 0. The third-order valence-corrected chi connectivity index (χ3v) is 9.83. The topological polar surface area (TPSA) is 78.9 Å². The van der Waals surface area contributed by atoms with Gasteiger partial charge < -0.3 is 14.2 Å². The van der Waals surface area contributed by atoms with E-state index in [0.29, 0.717) is 19.3 Å². The first-order valence-corrected chi connectivity index (χ1v) is 25.9. The molecule has 0 bridgehead atoms. The molecule has 0 N–H and O–H groups in total. The predicted octanol–water partition coefficient (Wildman–Crippen LogP) is 17.4. The maximum absolute atomic E-state index is 12.8. The Hall–Kier alpha value is -5.49. The fourth-order valence-corrected chi connectivity index (χ4v) is 6.05. The van der Waals surface area contributed by atoms with Crippen molar-refractivity contribution in [3.05, 3.63) is 182 Å². The van der Waals surface area contributed by atoms with E-state index in [0.717, 1.165) is 109 Å². The van der Waals surface area contributed by atoms with Crippen LogP contribution in [0.4, 0.5) is 0 Å². The summed E-state index contributed by atoms with van der Waals surface area (Å²) < 4.78 is 16.7. The first kappa shape index (κ1) is 62.5. The molecule has 0 aromatic rings.